The number of carboxylic acid groups (broad SMARTS) is 1. The zero-order valence-corrected chi connectivity index (χ0v) is 7.78. The molecule has 2 aliphatic carbocycles. The zero-order valence-electron chi connectivity index (χ0n) is 7.78. The summed E-state index contributed by atoms with van der Waals surface area (Å²) in [6.45, 7) is 0. The van der Waals surface area contributed by atoms with E-state index in [1.807, 2.05) is 0 Å². The summed E-state index contributed by atoms with van der Waals surface area (Å²) in [5, 5.41) is 8.91. The topological polar surface area (TPSA) is 37.3 Å². The van der Waals surface area contributed by atoms with Gasteiger partial charge in [-0.1, -0.05) is 12.2 Å². The summed E-state index contributed by atoms with van der Waals surface area (Å²) in [5.41, 5.74) is 0. The minimum Gasteiger partial charge on any atom is -0.481 e. The molecule has 0 spiro atoms. The third-order valence-electron chi connectivity index (χ3n) is 3.53. The predicted molar refractivity (Wildman–Crippen MR) is 50.3 cm³/mol. The summed E-state index contributed by atoms with van der Waals surface area (Å²) < 4.78 is 0. The molecule has 2 rings (SSSR count). The first-order chi connectivity index (χ1) is 6.27. The second kappa shape index (κ2) is 3.52. The summed E-state index contributed by atoms with van der Waals surface area (Å²) in [4.78, 5) is 10.8. The van der Waals surface area contributed by atoms with Crippen LogP contribution in [0.1, 0.15) is 32.1 Å². The maximum absolute atomic E-state index is 10.8. The summed E-state index contributed by atoms with van der Waals surface area (Å²) >= 11 is 0. The standard InChI is InChI=1S/C11H16O2/c12-11(13)10-6-5-8-3-1-2-4-9(8)7-10/h1-2,8-10H,3-7H2,(H,12,13). The molecule has 3 unspecified atom stereocenters. The second-order valence-electron chi connectivity index (χ2n) is 4.31. The number of carboxylic acids is 1. The summed E-state index contributed by atoms with van der Waals surface area (Å²) in [6.07, 6.45) is 9.67. The van der Waals surface area contributed by atoms with Gasteiger partial charge in [0.2, 0.25) is 0 Å². The first kappa shape index (κ1) is 8.79. The Morgan fingerprint density at radius 2 is 1.85 bits per heavy atom. The molecule has 0 aliphatic heterocycles. The molecule has 2 heteroatoms. The lowest BCUT2D eigenvalue weighted by molar-refractivity contribution is -0.143. The van der Waals surface area contributed by atoms with Crippen LogP contribution >= 0.6 is 0 Å². The van der Waals surface area contributed by atoms with E-state index in [2.05, 4.69) is 12.2 Å². The maximum atomic E-state index is 10.8. The summed E-state index contributed by atoms with van der Waals surface area (Å²) in [7, 11) is 0. The van der Waals surface area contributed by atoms with Gasteiger partial charge in [-0.15, -0.1) is 0 Å². The third kappa shape index (κ3) is 1.77. The molecule has 0 saturated heterocycles. The van der Waals surface area contributed by atoms with Crippen LogP contribution in [0.4, 0.5) is 0 Å². The van der Waals surface area contributed by atoms with E-state index in [-0.39, 0.29) is 5.92 Å². The Labute approximate surface area is 78.6 Å². The quantitative estimate of drug-likeness (QED) is 0.629. The van der Waals surface area contributed by atoms with Crippen molar-refractivity contribution in [2.45, 2.75) is 32.1 Å². The van der Waals surface area contributed by atoms with E-state index >= 15 is 0 Å². The molecule has 1 fully saturated rings. The van der Waals surface area contributed by atoms with Crippen LogP contribution in [0.3, 0.4) is 0 Å². The van der Waals surface area contributed by atoms with Crippen LogP contribution < -0.4 is 0 Å². The van der Waals surface area contributed by atoms with Gasteiger partial charge in [-0.3, -0.25) is 4.79 Å². The van der Waals surface area contributed by atoms with Gasteiger partial charge in [0.15, 0.2) is 0 Å². The van der Waals surface area contributed by atoms with Gasteiger partial charge in [0.05, 0.1) is 5.92 Å². The number of allylic oxidation sites excluding steroid dienone is 2. The molecule has 0 heterocycles. The van der Waals surface area contributed by atoms with Gasteiger partial charge in [0.25, 0.3) is 0 Å². The van der Waals surface area contributed by atoms with Gasteiger partial charge in [0, 0.05) is 0 Å². The Morgan fingerprint density at radius 1 is 1.15 bits per heavy atom. The highest BCUT2D eigenvalue weighted by Gasteiger charge is 2.33. The van der Waals surface area contributed by atoms with Crippen LogP contribution in [0, 0.1) is 17.8 Å². The van der Waals surface area contributed by atoms with Crippen molar-refractivity contribution < 1.29 is 9.90 Å². The van der Waals surface area contributed by atoms with Crippen molar-refractivity contribution in [3.8, 4) is 0 Å². The van der Waals surface area contributed by atoms with Crippen LogP contribution in [0.2, 0.25) is 0 Å². The molecule has 13 heavy (non-hydrogen) atoms. The molecule has 0 radical (unpaired) electrons. The molecule has 0 bridgehead atoms. The summed E-state index contributed by atoms with van der Waals surface area (Å²) in [6, 6.07) is 0. The Bertz CT molecular complexity index is 232. The minimum atomic E-state index is -0.590. The van der Waals surface area contributed by atoms with Gasteiger partial charge in [-0.25, -0.2) is 0 Å². The van der Waals surface area contributed by atoms with Crippen molar-refractivity contribution in [2.75, 3.05) is 0 Å². The van der Waals surface area contributed by atoms with E-state index in [0.29, 0.717) is 5.92 Å². The molecule has 1 saturated carbocycles. The average molecular weight is 180 g/mol. The van der Waals surface area contributed by atoms with E-state index in [0.717, 1.165) is 31.6 Å². The molecule has 72 valence electrons. The highest BCUT2D eigenvalue weighted by molar-refractivity contribution is 5.70. The Hall–Kier alpha value is -0.790. The largest absolute Gasteiger partial charge is 0.481 e. The first-order valence-electron chi connectivity index (χ1n) is 5.15. The molecule has 2 nitrogen and oxygen atoms in total. The first-order valence-corrected chi connectivity index (χ1v) is 5.15. The van der Waals surface area contributed by atoms with Crippen molar-refractivity contribution in [3.05, 3.63) is 12.2 Å². The lowest BCUT2D eigenvalue weighted by Gasteiger charge is -2.35. The fourth-order valence-corrected chi connectivity index (χ4v) is 2.69. The number of fused-ring (bicyclic) bond motifs is 1. The van der Waals surface area contributed by atoms with Crippen LogP contribution in [0.5, 0.6) is 0 Å². The van der Waals surface area contributed by atoms with E-state index in [1.165, 1.54) is 6.42 Å². The summed E-state index contributed by atoms with van der Waals surface area (Å²) in [5.74, 6) is 0.779. The molecule has 2 aliphatic rings. The van der Waals surface area contributed by atoms with Gasteiger partial charge in [-0.05, 0) is 43.9 Å². The molecule has 3 atom stereocenters. The second-order valence-corrected chi connectivity index (χ2v) is 4.31. The van der Waals surface area contributed by atoms with Crippen molar-refractivity contribution in [1.82, 2.24) is 0 Å². The number of aliphatic carboxylic acids is 1. The van der Waals surface area contributed by atoms with Gasteiger partial charge < -0.3 is 5.11 Å². The molecule has 0 aromatic carbocycles. The van der Waals surface area contributed by atoms with Crippen LogP contribution in [0.25, 0.3) is 0 Å². The highest BCUT2D eigenvalue weighted by atomic mass is 16.4. The van der Waals surface area contributed by atoms with Crippen molar-refractivity contribution >= 4 is 5.97 Å². The van der Waals surface area contributed by atoms with E-state index in [1.54, 1.807) is 0 Å². The molecule has 0 amide bonds. The predicted octanol–water partition coefficient (Wildman–Crippen LogP) is 2.45. The smallest absolute Gasteiger partial charge is 0.306 e. The Balaban J connectivity index is 1.99. The van der Waals surface area contributed by atoms with Crippen LogP contribution in [-0.2, 0) is 4.79 Å². The normalized spacial score (nSPS) is 38.3. The van der Waals surface area contributed by atoms with E-state index in [9.17, 15) is 4.79 Å². The van der Waals surface area contributed by atoms with E-state index in [4.69, 9.17) is 5.11 Å². The average Bonchev–Trinajstić information content (AvgIpc) is 2.17. The fraction of sp³-hybridized carbons (Fsp3) is 0.727. The Kier molecular flexibility index (Phi) is 2.38. The number of hydrogen-bond acceptors (Lipinski definition) is 1. The van der Waals surface area contributed by atoms with Crippen LogP contribution in [-0.4, -0.2) is 11.1 Å². The minimum absolute atomic E-state index is 0.0623. The van der Waals surface area contributed by atoms with Gasteiger partial charge in [-0.2, -0.15) is 0 Å². The lowest BCUT2D eigenvalue weighted by Crippen LogP contribution is -2.29. The molecule has 0 aromatic heterocycles. The molecular formula is C11H16O2. The highest BCUT2D eigenvalue weighted by Crippen LogP contribution is 2.40. The maximum Gasteiger partial charge on any atom is 0.306 e. The van der Waals surface area contributed by atoms with Crippen molar-refractivity contribution in [3.63, 3.8) is 0 Å². The van der Waals surface area contributed by atoms with Gasteiger partial charge in [0.1, 0.15) is 0 Å². The molecule has 0 aromatic rings. The number of carbonyl (C=O) groups is 1. The van der Waals surface area contributed by atoms with Gasteiger partial charge >= 0.3 is 5.97 Å². The number of hydrogen-bond donors (Lipinski definition) is 1. The lowest BCUT2D eigenvalue weighted by atomic mass is 9.69. The van der Waals surface area contributed by atoms with Crippen LogP contribution in [0.15, 0.2) is 12.2 Å². The molecule has 1 N–H and O–H groups in total. The fourth-order valence-electron chi connectivity index (χ4n) is 2.69. The SMILES string of the molecule is O=C(O)C1CCC2CC=CCC2C1. The Morgan fingerprint density at radius 3 is 2.54 bits per heavy atom. The van der Waals surface area contributed by atoms with Crippen molar-refractivity contribution in [2.24, 2.45) is 17.8 Å². The molecular weight excluding hydrogens is 164 g/mol. The van der Waals surface area contributed by atoms with E-state index < -0.39 is 5.97 Å². The third-order valence-corrected chi connectivity index (χ3v) is 3.53. The van der Waals surface area contributed by atoms with Crippen molar-refractivity contribution in [1.29, 1.82) is 0 Å². The number of rotatable bonds is 1. The zero-order chi connectivity index (χ0) is 9.26. The monoisotopic (exact) mass is 180 g/mol.